The van der Waals surface area contributed by atoms with Gasteiger partial charge in [0.15, 0.2) is 0 Å². The van der Waals surface area contributed by atoms with Crippen molar-refractivity contribution in [3.8, 4) is 0 Å². The number of alkyl carbamates (subject to hydrolysis) is 1. The zero-order valence-corrected chi connectivity index (χ0v) is 18.2. The maximum atomic E-state index is 11.9. The van der Waals surface area contributed by atoms with Crippen LogP contribution in [0.1, 0.15) is 79.6 Å². The van der Waals surface area contributed by atoms with Crippen LogP contribution in [-0.4, -0.2) is 36.6 Å². The Bertz CT molecular complexity index is 444. The summed E-state index contributed by atoms with van der Waals surface area (Å²) in [6.07, 6.45) is 10.3. The van der Waals surface area contributed by atoms with Gasteiger partial charge in [-0.2, -0.15) is 0 Å². The van der Waals surface area contributed by atoms with Crippen LogP contribution in [0.2, 0.25) is 0 Å². The summed E-state index contributed by atoms with van der Waals surface area (Å²) < 4.78 is 9.99. The summed E-state index contributed by atoms with van der Waals surface area (Å²) in [4.78, 5) is 24.9. The predicted molar refractivity (Wildman–Crippen MR) is 109 cm³/mol. The normalized spacial score (nSPS) is 13.2. The number of hydrogen-bond donors (Lipinski definition) is 1. The Kier molecular flexibility index (Phi) is 13.3. The number of ether oxygens (including phenoxy) is 2. The average molecular weight is 388 g/mol. The molecule has 152 valence electrons. The van der Waals surface area contributed by atoms with Gasteiger partial charge in [-0.1, -0.05) is 45.1 Å². The third-order valence-electron chi connectivity index (χ3n) is 3.64. The van der Waals surface area contributed by atoms with Gasteiger partial charge in [-0.15, -0.1) is 11.8 Å². The Balaban J connectivity index is 4.28. The van der Waals surface area contributed by atoms with E-state index in [9.17, 15) is 9.59 Å². The van der Waals surface area contributed by atoms with Gasteiger partial charge in [-0.05, 0) is 45.4 Å². The predicted octanol–water partition coefficient (Wildman–Crippen LogP) is 5.44. The molecule has 0 aliphatic rings. The van der Waals surface area contributed by atoms with Gasteiger partial charge >= 0.3 is 12.1 Å². The Morgan fingerprint density at radius 2 is 1.73 bits per heavy atom. The van der Waals surface area contributed by atoms with Crippen LogP contribution in [0.4, 0.5) is 4.79 Å². The fraction of sp³-hybridized carbons (Fsp3) is 0.800. The standard InChI is InChI=1S/C20H37NO4S/c1-7-8-9-10-11-12-13-14-16(2)26-15-17(18(22)24-6)21-19(23)25-20(3,4)5/h14,17H,7-13,15H2,1-6H3,(H,21,23)/b16-14+/t17-/m0/s1. The Morgan fingerprint density at radius 1 is 1.12 bits per heavy atom. The van der Waals surface area contributed by atoms with Gasteiger partial charge in [-0.25, -0.2) is 9.59 Å². The van der Waals surface area contributed by atoms with Gasteiger partial charge in [0.1, 0.15) is 11.6 Å². The number of nitrogens with one attached hydrogen (secondary N) is 1. The maximum Gasteiger partial charge on any atom is 0.408 e. The number of rotatable bonds is 12. The summed E-state index contributed by atoms with van der Waals surface area (Å²) in [7, 11) is 1.32. The summed E-state index contributed by atoms with van der Waals surface area (Å²) in [5, 5.41) is 2.59. The molecule has 0 fully saturated rings. The second kappa shape index (κ2) is 14.0. The molecule has 6 heteroatoms. The molecule has 1 amide bonds. The molecule has 0 heterocycles. The number of allylic oxidation sites excluding steroid dienone is 2. The third-order valence-corrected chi connectivity index (χ3v) is 4.77. The maximum absolute atomic E-state index is 11.9. The largest absolute Gasteiger partial charge is 0.467 e. The van der Waals surface area contributed by atoms with Crippen molar-refractivity contribution in [1.82, 2.24) is 5.32 Å². The van der Waals surface area contributed by atoms with Gasteiger partial charge in [0.2, 0.25) is 0 Å². The molecule has 0 radical (unpaired) electrons. The molecule has 0 unspecified atom stereocenters. The van der Waals surface area contributed by atoms with Gasteiger partial charge in [0, 0.05) is 5.75 Å². The summed E-state index contributed by atoms with van der Waals surface area (Å²) in [5.41, 5.74) is -0.606. The van der Waals surface area contributed by atoms with Crippen LogP contribution in [0.3, 0.4) is 0 Å². The minimum absolute atomic E-state index is 0.421. The van der Waals surface area contributed by atoms with E-state index < -0.39 is 23.7 Å². The Labute approximate surface area is 163 Å². The zero-order chi connectivity index (χ0) is 20.0. The first kappa shape index (κ1) is 24.8. The highest BCUT2D eigenvalue weighted by Gasteiger charge is 2.25. The smallest absolute Gasteiger partial charge is 0.408 e. The summed E-state index contributed by atoms with van der Waals surface area (Å²) in [6.45, 7) is 9.60. The highest BCUT2D eigenvalue weighted by molar-refractivity contribution is 8.03. The fourth-order valence-electron chi connectivity index (χ4n) is 2.26. The number of amides is 1. The topological polar surface area (TPSA) is 64.6 Å². The molecule has 0 rings (SSSR count). The Hall–Kier alpha value is -1.17. The number of esters is 1. The minimum Gasteiger partial charge on any atom is -0.467 e. The van der Waals surface area contributed by atoms with E-state index in [1.54, 1.807) is 32.5 Å². The van der Waals surface area contributed by atoms with Crippen LogP contribution < -0.4 is 5.32 Å². The van der Waals surface area contributed by atoms with Gasteiger partial charge < -0.3 is 14.8 Å². The second-order valence-corrected chi connectivity index (χ2v) is 8.67. The lowest BCUT2D eigenvalue weighted by Crippen LogP contribution is -2.45. The first-order chi connectivity index (χ1) is 12.2. The van der Waals surface area contributed by atoms with Gasteiger partial charge in [0.05, 0.1) is 7.11 Å². The quantitative estimate of drug-likeness (QED) is 0.357. The highest BCUT2D eigenvalue weighted by Crippen LogP contribution is 2.19. The van der Waals surface area contributed by atoms with E-state index in [4.69, 9.17) is 9.47 Å². The average Bonchev–Trinajstić information content (AvgIpc) is 2.55. The first-order valence-electron chi connectivity index (χ1n) is 9.56. The summed E-state index contributed by atoms with van der Waals surface area (Å²) >= 11 is 1.55. The molecule has 1 N–H and O–H groups in total. The van der Waals surface area contributed by atoms with Gasteiger partial charge in [0.25, 0.3) is 0 Å². The van der Waals surface area contributed by atoms with Gasteiger partial charge in [-0.3, -0.25) is 0 Å². The van der Waals surface area contributed by atoms with Crippen LogP contribution in [0.25, 0.3) is 0 Å². The number of carbonyl (C=O) groups is 2. The van der Waals surface area contributed by atoms with Crippen LogP contribution in [-0.2, 0) is 14.3 Å². The SMILES string of the molecule is CCCCCCCC/C=C(\C)SC[C@H](NC(=O)OC(C)(C)C)C(=O)OC. The van der Waals surface area contributed by atoms with Crippen molar-refractivity contribution < 1.29 is 19.1 Å². The molecule has 0 saturated carbocycles. The van der Waals surface area contributed by atoms with E-state index in [2.05, 4.69) is 18.3 Å². The molecule has 0 aliphatic heterocycles. The molecule has 5 nitrogen and oxygen atoms in total. The monoisotopic (exact) mass is 387 g/mol. The van der Waals surface area contributed by atoms with Crippen molar-refractivity contribution >= 4 is 23.8 Å². The number of carbonyl (C=O) groups excluding carboxylic acids is 2. The minimum atomic E-state index is -0.725. The molecule has 26 heavy (non-hydrogen) atoms. The van der Waals surface area contributed by atoms with E-state index >= 15 is 0 Å². The lowest BCUT2D eigenvalue weighted by molar-refractivity contribution is -0.142. The second-order valence-electron chi connectivity index (χ2n) is 7.40. The zero-order valence-electron chi connectivity index (χ0n) is 17.4. The number of unbranched alkanes of at least 4 members (excludes halogenated alkanes) is 6. The lowest BCUT2D eigenvalue weighted by Gasteiger charge is -2.22. The molecule has 0 saturated heterocycles. The summed E-state index contributed by atoms with van der Waals surface area (Å²) in [5.74, 6) is -0.0443. The molecule has 0 aromatic rings. The highest BCUT2D eigenvalue weighted by atomic mass is 32.2. The molecule has 1 atom stereocenters. The molecule has 0 spiro atoms. The molecule has 0 aromatic heterocycles. The molecule has 0 bridgehead atoms. The van der Waals surface area contributed by atoms with Crippen LogP contribution in [0.15, 0.2) is 11.0 Å². The van der Waals surface area contributed by atoms with Crippen LogP contribution >= 0.6 is 11.8 Å². The van der Waals surface area contributed by atoms with Crippen molar-refractivity contribution in [2.45, 2.75) is 91.2 Å². The molecule has 0 aliphatic carbocycles. The summed E-state index contributed by atoms with van der Waals surface area (Å²) in [6, 6.07) is -0.725. The third kappa shape index (κ3) is 14.0. The number of thioether (sulfide) groups is 1. The number of methoxy groups -OCH3 is 1. The fourth-order valence-corrected chi connectivity index (χ4v) is 3.15. The first-order valence-corrected chi connectivity index (χ1v) is 10.5. The van der Waals surface area contributed by atoms with Crippen molar-refractivity contribution in [3.05, 3.63) is 11.0 Å². The van der Waals surface area contributed by atoms with E-state index in [1.807, 2.05) is 6.92 Å². The van der Waals surface area contributed by atoms with Crippen LogP contribution in [0.5, 0.6) is 0 Å². The van der Waals surface area contributed by atoms with E-state index in [1.165, 1.54) is 45.6 Å². The molecular formula is C20H37NO4S. The Morgan fingerprint density at radius 3 is 2.31 bits per heavy atom. The van der Waals surface area contributed by atoms with E-state index in [0.29, 0.717) is 5.75 Å². The van der Waals surface area contributed by atoms with E-state index in [-0.39, 0.29) is 0 Å². The van der Waals surface area contributed by atoms with Crippen LogP contribution in [0, 0.1) is 0 Å². The number of hydrogen-bond acceptors (Lipinski definition) is 5. The van der Waals surface area contributed by atoms with Crippen molar-refractivity contribution in [2.24, 2.45) is 0 Å². The molecular weight excluding hydrogens is 350 g/mol. The van der Waals surface area contributed by atoms with Crippen molar-refractivity contribution in [2.75, 3.05) is 12.9 Å². The molecule has 0 aromatic carbocycles. The van der Waals surface area contributed by atoms with Crippen molar-refractivity contribution in [1.29, 1.82) is 0 Å². The lowest BCUT2D eigenvalue weighted by atomic mass is 10.1. The van der Waals surface area contributed by atoms with E-state index in [0.717, 1.165) is 11.3 Å². The van der Waals surface area contributed by atoms with Crippen molar-refractivity contribution in [3.63, 3.8) is 0 Å².